The normalized spacial score (nSPS) is 11.3. The highest BCUT2D eigenvalue weighted by Crippen LogP contribution is 2.14. The summed E-state index contributed by atoms with van der Waals surface area (Å²) in [4.78, 5) is 11.1. The van der Waals surface area contributed by atoms with E-state index in [-0.39, 0.29) is 10.8 Å². The molecule has 0 aromatic heterocycles. The van der Waals surface area contributed by atoms with Crippen LogP contribution in [-0.4, -0.2) is 26.2 Å². The highest BCUT2D eigenvalue weighted by Gasteiger charge is 2.12. The molecule has 1 amide bonds. The van der Waals surface area contributed by atoms with E-state index in [1.807, 2.05) is 0 Å². The number of hydrogen-bond donors (Lipinski definition) is 2. The number of hydrogen-bond acceptors (Lipinski definition) is 3. The number of halogens is 1. The van der Waals surface area contributed by atoms with Gasteiger partial charge in [0.25, 0.3) is 0 Å². The topological polar surface area (TPSA) is 75.3 Å². The van der Waals surface area contributed by atoms with Gasteiger partial charge in [0.15, 0.2) is 0 Å². The first-order chi connectivity index (χ1) is 9.95. The maximum Gasteiger partial charge on any atom is 0.240 e. The summed E-state index contributed by atoms with van der Waals surface area (Å²) in [6, 6.07) is 6.12. The molecule has 0 spiro atoms. The van der Waals surface area contributed by atoms with E-state index in [4.69, 9.17) is 0 Å². The van der Waals surface area contributed by atoms with Gasteiger partial charge in [-0.15, -0.1) is 0 Å². The monoisotopic (exact) mass is 376 g/mol. The number of rotatable bonds is 9. The lowest BCUT2D eigenvalue weighted by atomic mass is 10.2. The number of nitrogens with one attached hydrogen (secondary N) is 2. The van der Waals surface area contributed by atoms with Crippen LogP contribution in [0, 0.1) is 0 Å². The molecule has 1 aromatic rings. The van der Waals surface area contributed by atoms with Crippen molar-refractivity contribution in [3.05, 3.63) is 24.3 Å². The lowest BCUT2D eigenvalue weighted by Crippen LogP contribution is -2.24. The molecular formula is C14H21BrN2O3S. The van der Waals surface area contributed by atoms with E-state index in [2.05, 4.69) is 26.0 Å². The molecule has 0 aliphatic heterocycles. The van der Waals surface area contributed by atoms with E-state index >= 15 is 0 Å². The van der Waals surface area contributed by atoms with Crippen LogP contribution in [0.4, 0.5) is 5.69 Å². The predicted molar refractivity (Wildman–Crippen MR) is 88.2 cm³/mol. The number of carbonyl (C=O) groups is 1. The van der Waals surface area contributed by atoms with Gasteiger partial charge in [0.2, 0.25) is 15.9 Å². The summed E-state index contributed by atoms with van der Waals surface area (Å²) in [5, 5.41) is 3.58. The van der Waals surface area contributed by atoms with E-state index in [1.165, 1.54) is 19.1 Å². The summed E-state index contributed by atoms with van der Waals surface area (Å²) in [6.45, 7) is 1.85. The molecule has 118 valence electrons. The average molecular weight is 377 g/mol. The summed E-state index contributed by atoms with van der Waals surface area (Å²) < 4.78 is 26.7. The second-order valence-corrected chi connectivity index (χ2v) is 7.27. The van der Waals surface area contributed by atoms with Gasteiger partial charge in [-0.1, -0.05) is 28.8 Å². The van der Waals surface area contributed by atoms with Gasteiger partial charge in [0.1, 0.15) is 0 Å². The van der Waals surface area contributed by atoms with Crippen LogP contribution in [0.2, 0.25) is 0 Å². The summed E-state index contributed by atoms with van der Waals surface area (Å²) in [7, 11) is -3.47. The Kier molecular flexibility index (Phi) is 7.92. The van der Waals surface area contributed by atoms with Crippen LogP contribution in [-0.2, 0) is 14.8 Å². The molecular weight excluding hydrogens is 356 g/mol. The molecule has 0 fully saturated rings. The minimum absolute atomic E-state index is 0.188. The molecule has 5 nitrogen and oxygen atoms in total. The Balaban J connectivity index is 2.48. The molecule has 21 heavy (non-hydrogen) atoms. The second-order valence-electron chi connectivity index (χ2n) is 4.71. The van der Waals surface area contributed by atoms with Crippen molar-refractivity contribution in [2.75, 3.05) is 17.2 Å². The van der Waals surface area contributed by atoms with Crippen LogP contribution in [0.3, 0.4) is 0 Å². The van der Waals surface area contributed by atoms with E-state index < -0.39 is 10.0 Å². The molecule has 0 saturated carbocycles. The van der Waals surface area contributed by atoms with Crippen molar-refractivity contribution < 1.29 is 13.2 Å². The Bertz CT molecular complexity index is 544. The molecule has 0 aliphatic rings. The number of anilines is 1. The van der Waals surface area contributed by atoms with Crippen molar-refractivity contribution in [2.45, 2.75) is 37.5 Å². The van der Waals surface area contributed by atoms with Gasteiger partial charge in [0.05, 0.1) is 4.90 Å². The summed E-state index contributed by atoms with van der Waals surface area (Å²) in [5.74, 6) is -0.188. The fourth-order valence-electron chi connectivity index (χ4n) is 1.78. The molecule has 1 rings (SSSR count). The molecule has 0 aliphatic carbocycles. The number of unbranched alkanes of at least 4 members (excludes halogenated alkanes) is 3. The number of benzene rings is 1. The van der Waals surface area contributed by atoms with Gasteiger partial charge in [-0.05, 0) is 37.1 Å². The highest BCUT2D eigenvalue weighted by molar-refractivity contribution is 9.09. The first-order valence-electron chi connectivity index (χ1n) is 6.89. The Morgan fingerprint density at radius 2 is 1.71 bits per heavy atom. The van der Waals surface area contributed by atoms with Crippen LogP contribution in [0.15, 0.2) is 29.2 Å². The van der Waals surface area contributed by atoms with Gasteiger partial charge in [-0.25, -0.2) is 13.1 Å². The molecule has 0 unspecified atom stereocenters. The first-order valence-corrected chi connectivity index (χ1v) is 9.49. The standard InChI is InChI=1S/C14H21BrN2O3S/c1-12(18)17-13-6-8-14(9-7-13)21(19,20)16-11-5-3-2-4-10-15/h6-9,16H,2-5,10-11H2,1H3,(H,17,18). The van der Waals surface area contributed by atoms with Crippen LogP contribution < -0.4 is 10.0 Å². The lowest BCUT2D eigenvalue weighted by molar-refractivity contribution is -0.114. The van der Waals surface area contributed by atoms with Gasteiger partial charge in [-0.2, -0.15) is 0 Å². The van der Waals surface area contributed by atoms with Crippen molar-refractivity contribution in [3.63, 3.8) is 0 Å². The summed E-state index contributed by atoms with van der Waals surface area (Å²) >= 11 is 3.36. The van der Waals surface area contributed by atoms with E-state index in [0.717, 1.165) is 31.0 Å². The van der Waals surface area contributed by atoms with Gasteiger partial charge < -0.3 is 5.32 Å². The minimum atomic E-state index is -3.47. The van der Waals surface area contributed by atoms with Crippen molar-refractivity contribution in [1.82, 2.24) is 4.72 Å². The lowest BCUT2D eigenvalue weighted by Gasteiger charge is -2.08. The fraction of sp³-hybridized carbons (Fsp3) is 0.500. The van der Waals surface area contributed by atoms with Gasteiger partial charge >= 0.3 is 0 Å². The Morgan fingerprint density at radius 1 is 1.10 bits per heavy atom. The zero-order valence-corrected chi connectivity index (χ0v) is 14.5. The Morgan fingerprint density at radius 3 is 2.29 bits per heavy atom. The average Bonchev–Trinajstić information content (AvgIpc) is 2.42. The number of alkyl halides is 1. The van der Waals surface area contributed by atoms with Crippen molar-refractivity contribution in [1.29, 1.82) is 0 Å². The zero-order valence-electron chi connectivity index (χ0n) is 12.1. The minimum Gasteiger partial charge on any atom is -0.326 e. The van der Waals surface area contributed by atoms with Crippen molar-refractivity contribution in [2.24, 2.45) is 0 Å². The molecule has 0 saturated heterocycles. The van der Waals surface area contributed by atoms with Crippen molar-refractivity contribution in [3.8, 4) is 0 Å². The van der Waals surface area contributed by atoms with Crippen LogP contribution in [0.1, 0.15) is 32.6 Å². The Labute approximate surface area is 134 Å². The van der Waals surface area contributed by atoms with Crippen LogP contribution >= 0.6 is 15.9 Å². The van der Waals surface area contributed by atoms with Gasteiger partial charge in [0, 0.05) is 24.5 Å². The van der Waals surface area contributed by atoms with E-state index in [1.54, 1.807) is 12.1 Å². The number of sulfonamides is 1. The first kappa shape index (κ1) is 18.1. The number of carbonyl (C=O) groups excluding carboxylic acids is 1. The third-order valence-electron chi connectivity index (χ3n) is 2.84. The maximum absolute atomic E-state index is 12.0. The SMILES string of the molecule is CC(=O)Nc1ccc(S(=O)(=O)NCCCCCCBr)cc1. The van der Waals surface area contributed by atoms with Crippen LogP contribution in [0.25, 0.3) is 0 Å². The Hall–Kier alpha value is -0.920. The molecule has 0 bridgehead atoms. The third-order valence-corrected chi connectivity index (χ3v) is 4.88. The quantitative estimate of drug-likeness (QED) is 0.513. The molecule has 1 aromatic carbocycles. The van der Waals surface area contributed by atoms with Crippen LogP contribution in [0.5, 0.6) is 0 Å². The number of amides is 1. The zero-order chi connectivity index (χ0) is 15.7. The molecule has 0 radical (unpaired) electrons. The summed E-state index contributed by atoms with van der Waals surface area (Å²) in [6.07, 6.45) is 4.04. The predicted octanol–water partition coefficient (Wildman–Crippen LogP) is 2.88. The smallest absolute Gasteiger partial charge is 0.240 e. The largest absolute Gasteiger partial charge is 0.326 e. The molecule has 0 heterocycles. The fourth-order valence-corrected chi connectivity index (χ4v) is 3.25. The van der Waals surface area contributed by atoms with E-state index in [9.17, 15) is 13.2 Å². The summed E-state index contributed by atoms with van der Waals surface area (Å²) in [5.41, 5.74) is 0.580. The maximum atomic E-state index is 12.0. The van der Waals surface area contributed by atoms with E-state index in [0.29, 0.717) is 12.2 Å². The second kappa shape index (κ2) is 9.17. The molecule has 0 atom stereocenters. The molecule has 2 N–H and O–H groups in total. The van der Waals surface area contributed by atoms with Crippen molar-refractivity contribution >= 4 is 37.5 Å². The molecule has 7 heteroatoms. The van der Waals surface area contributed by atoms with Gasteiger partial charge in [-0.3, -0.25) is 4.79 Å². The highest BCUT2D eigenvalue weighted by atomic mass is 79.9. The third kappa shape index (κ3) is 7.06.